The molecule has 56 valence electrons. The van der Waals surface area contributed by atoms with Crippen LogP contribution in [0.15, 0.2) is 12.4 Å². The van der Waals surface area contributed by atoms with Gasteiger partial charge in [-0.25, -0.2) is 0 Å². The van der Waals surface area contributed by atoms with Crippen molar-refractivity contribution < 1.29 is 5.11 Å². The number of rotatable bonds is 1. The molecule has 3 heteroatoms. The van der Waals surface area contributed by atoms with Crippen molar-refractivity contribution in [2.75, 3.05) is 0 Å². The SMILES string of the molecule is Cn1cc(C(C)(C)O)cn1. The van der Waals surface area contributed by atoms with Crippen molar-refractivity contribution in [3.8, 4) is 0 Å². The molecule has 3 nitrogen and oxygen atoms in total. The molecule has 0 aliphatic rings. The van der Waals surface area contributed by atoms with Gasteiger partial charge in [-0.2, -0.15) is 5.10 Å². The summed E-state index contributed by atoms with van der Waals surface area (Å²) in [7, 11) is 1.83. The molecule has 1 heterocycles. The molecular formula is C7H12N2O. The molecule has 0 amide bonds. The average Bonchev–Trinajstić information content (AvgIpc) is 2.11. The van der Waals surface area contributed by atoms with Crippen molar-refractivity contribution in [1.29, 1.82) is 0 Å². The zero-order valence-electron chi connectivity index (χ0n) is 6.50. The molecule has 10 heavy (non-hydrogen) atoms. The lowest BCUT2D eigenvalue weighted by Crippen LogP contribution is -2.14. The first kappa shape index (κ1) is 7.28. The fraction of sp³-hybridized carbons (Fsp3) is 0.571. The van der Waals surface area contributed by atoms with Gasteiger partial charge in [0.05, 0.1) is 11.8 Å². The Kier molecular flexibility index (Phi) is 1.52. The predicted octanol–water partition coefficient (Wildman–Crippen LogP) is 0.647. The topological polar surface area (TPSA) is 38.0 Å². The van der Waals surface area contributed by atoms with Gasteiger partial charge in [-0.05, 0) is 13.8 Å². The minimum absolute atomic E-state index is 0.770. The van der Waals surface area contributed by atoms with Crippen LogP contribution in [0, 0.1) is 0 Å². The second-order valence-corrected chi connectivity index (χ2v) is 2.96. The lowest BCUT2D eigenvalue weighted by atomic mass is 10.0. The minimum atomic E-state index is -0.770. The molecule has 0 atom stereocenters. The maximum absolute atomic E-state index is 9.45. The van der Waals surface area contributed by atoms with Gasteiger partial charge in [-0.15, -0.1) is 0 Å². The summed E-state index contributed by atoms with van der Waals surface area (Å²) in [6.45, 7) is 3.48. The molecular weight excluding hydrogens is 128 g/mol. The highest BCUT2D eigenvalue weighted by Crippen LogP contribution is 2.17. The summed E-state index contributed by atoms with van der Waals surface area (Å²) in [6.07, 6.45) is 3.47. The van der Waals surface area contributed by atoms with Crippen LogP contribution in [0.5, 0.6) is 0 Å². The normalized spacial score (nSPS) is 12.0. The van der Waals surface area contributed by atoms with Gasteiger partial charge in [-0.3, -0.25) is 4.68 Å². The van der Waals surface area contributed by atoms with Crippen molar-refractivity contribution in [1.82, 2.24) is 9.78 Å². The first-order valence-electron chi connectivity index (χ1n) is 3.21. The van der Waals surface area contributed by atoms with Crippen LogP contribution in [-0.2, 0) is 12.6 Å². The molecule has 0 bridgehead atoms. The highest BCUT2D eigenvalue weighted by Gasteiger charge is 2.16. The maximum atomic E-state index is 9.45. The number of hydrogen-bond donors (Lipinski definition) is 1. The largest absolute Gasteiger partial charge is 0.386 e. The molecule has 0 radical (unpaired) electrons. The van der Waals surface area contributed by atoms with Crippen LogP contribution in [0.3, 0.4) is 0 Å². The second-order valence-electron chi connectivity index (χ2n) is 2.96. The quantitative estimate of drug-likeness (QED) is 0.622. The smallest absolute Gasteiger partial charge is 0.0870 e. The van der Waals surface area contributed by atoms with Gasteiger partial charge < -0.3 is 5.11 Å². The zero-order chi connectivity index (χ0) is 7.78. The molecule has 1 N–H and O–H groups in total. The van der Waals surface area contributed by atoms with Gasteiger partial charge in [-0.1, -0.05) is 0 Å². The highest BCUT2D eigenvalue weighted by atomic mass is 16.3. The minimum Gasteiger partial charge on any atom is -0.386 e. The number of aromatic nitrogens is 2. The van der Waals surface area contributed by atoms with Crippen LogP contribution in [-0.4, -0.2) is 14.9 Å². The number of hydrogen-bond acceptors (Lipinski definition) is 2. The Balaban J connectivity index is 2.96. The molecule has 0 unspecified atom stereocenters. The Labute approximate surface area is 60.3 Å². The third-order valence-corrected chi connectivity index (χ3v) is 1.41. The molecule has 0 saturated heterocycles. The van der Waals surface area contributed by atoms with E-state index in [2.05, 4.69) is 5.10 Å². The Bertz CT molecular complexity index is 222. The predicted molar refractivity (Wildman–Crippen MR) is 38.5 cm³/mol. The molecule has 0 spiro atoms. The molecule has 0 aliphatic carbocycles. The fourth-order valence-corrected chi connectivity index (χ4v) is 0.737. The van der Waals surface area contributed by atoms with Crippen LogP contribution < -0.4 is 0 Å². The van der Waals surface area contributed by atoms with Gasteiger partial charge in [0.25, 0.3) is 0 Å². The first-order valence-corrected chi connectivity index (χ1v) is 3.21. The standard InChI is InChI=1S/C7H12N2O/c1-7(2,10)6-4-8-9(3)5-6/h4-5,10H,1-3H3. The Morgan fingerprint density at radius 3 is 2.40 bits per heavy atom. The monoisotopic (exact) mass is 140 g/mol. The van der Waals surface area contributed by atoms with E-state index in [-0.39, 0.29) is 0 Å². The molecule has 0 aromatic carbocycles. The third kappa shape index (κ3) is 1.36. The van der Waals surface area contributed by atoms with E-state index in [1.165, 1.54) is 0 Å². The Morgan fingerprint density at radius 2 is 2.20 bits per heavy atom. The van der Waals surface area contributed by atoms with E-state index < -0.39 is 5.60 Å². The molecule has 0 fully saturated rings. The van der Waals surface area contributed by atoms with Gasteiger partial charge in [0.15, 0.2) is 0 Å². The third-order valence-electron chi connectivity index (χ3n) is 1.41. The van der Waals surface area contributed by atoms with Crippen molar-refractivity contribution in [2.24, 2.45) is 7.05 Å². The summed E-state index contributed by atoms with van der Waals surface area (Å²) in [5.74, 6) is 0. The molecule has 1 aromatic heterocycles. The van der Waals surface area contributed by atoms with Crippen molar-refractivity contribution in [3.63, 3.8) is 0 Å². The highest BCUT2D eigenvalue weighted by molar-refractivity contribution is 5.11. The lowest BCUT2D eigenvalue weighted by Gasteiger charge is -2.13. The summed E-state index contributed by atoms with van der Waals surface area (Å²) in [5, 5.41) is 13.4. The second kappa shape index (κ2) is 2.09. The van der Waals surface area contributed by atoms with E-state index in [0.717, 1.165) is 5.56 Å². The van der Waals surface area contributed by atoms with Gasteiger partial charge in [0.1, 0.15) is 0 Å². The Morgan fingerprint density at radius 1 is 1.60 bits per heavy atom. The maximum Gasteiger partial charge on any atom is 0.0870 e. The van der Waals surface area contributed by atoms with Crippen LogP contribution in [0.4, 0.5) is 0 Å². The fourth-order valence-electron chi connectivity index (χ4n) is 0.737. The summed E-state index contributed by atoms with van der Waals surface area (Å²) in [4.78, 5) is 0. The number of aryl methyl sites for hydroxylation is 1. The summed E-state index contributed by atoms with van der Waals surface area (Å²) < 4.78 is 1.67. The number of aliphatic hydroxyl groups is 1. The van der Waals surface area contributed by atoms with Crippen molar-refractivity contribution in [2.45, 2.75) is 19.4 Å². The van der Waals surface area contributed by atoms with Gasteiger partial charge >= 0.3 is 0 Å². The summed E-state index contributed by atoms with van der Waals surface area (Å²) in [5.41, 5.74) is 0.0730. The Hall–Kier alpha value is -0.830. The van der Waals surface area contributed by atoms with Crippen LogP contribution >= 0.6 is 0 Å². The van der Waals surface area contributed by atoms with E-state index in [0.29, 0.717) is 0 Å². The van der Waals surface area contributed by atoms with Crippen LogP contribution in [0.1, 0.15) is 19.4 Å². The molecule has 1 rings (SSSR count). The lowest BCUT2D eigenvalue weighted by molar-refractivity contribution is 0.0785. The van der Waals surface area contributed by atoms with Crippen molar-refractivity contribution in [3.05, 3.63) is 18.0 Å². The van der Waals surface area contributed by atoms with E-state index in [1.54, 1.807) is 30.9 Å². The average molecular weight is 140 g/mol. The van der Waals surface area contributed by atoms with Gasteiger partial charge in [0.2, 0.25) is 0 Å². The summed E-state index contributed by atoms with van der Waals surface area (Å²) in [6, 6.07) is 0. The van der Waals surface area contributed by atoms with Crippen LogP contribution in [0.25, 0.3) is 0 Å². The zero-order valence-corrected chi connectivity index (χ0v) is 6.50. The molecule has 0 saturated carbocycles. The summed E-state index contributed by atoms with van der Waals surface area (Å²) >= 11 is 0. The van der Waals surface area contributed by atoms with E-state index in [4.69, 9.17) is 0 Å². The van der Waals surface area contributed by atoms with E-state index >= 15 is 0 Å². The first-order chi connectivity index (χ1) is 4.50. The molecule has 0 aliphatic heterocycles. The number of nitrogens with zero attached hydrogens (tertiary/aromatic N) is 2. The molecule has 1 aromatic rings. The van der Waals surface area contributed by atoms with Crippen LogP contribution in [0.2, 0.25) is 0 Å². The van der Waals surface area contributed by atoms with E-state index in [9.17, 15) is 5.11 Å². The van der Waals surface area contributed by atoms with E-state index in [1.807, 2.05) is 7.05 Å². The van der Waals surface area contributed by atoms with Crippen molar-refractivity contribution >= 4 is 0 Å². The van der Waals surface area contributed by atoms with Gasteiger partial charge in [0, 0.05) is 18.8 Å².